The standard InChI is InChI=1S/C32H36N4OS/c1-7-24-12-10-11-21(4)30(24)35-22(5)19-27(23(35)6)31-29(28-13-8-9-18-33-28)34-32(38)36(31)25-14-16-26(17-15-25)37-20(2)3/h8-20,29,31H,7H2,1-6H3,(H,34,38)/t29-,31-/m1/s1. The van der Waals surface area contributed by atoms with Crippen molar-refractivity contribution in [2.45, 2.75) is 66.2 Å². The number of rotatable bonds is 7. The fourth-order valence-corrected chi connectivity index (χ4v) is 6.01. The minimum Gasteiger partial charge on any atom is -0.491 e. The summed E-state index contributed by atoms with van der Waals surface area (Å²) in [7, 11) is 0. The molecule has 0 spiro atoms. The summed E-state index contributed by atoms with van der Waals surface area (Å²) in [4.78, 5) is 6.96. The van der Waals surface area contributed by atoms with E-state index in [4.69, 9.17) is 21.9 Å². The Bertz CT molecular complexity index is 1440. The van der Waals surface area contributed by atoms with Crippen LogP contribution in [0.25, 0.3) is 5.69 Å². The first kappa shape index (κ1) is 26.0. The first-order valence-electron chi connectivity index (χ1n) is 13.3. The van der Waals surface area contributed by atoms with Gasteiger partial charge in [0.1, 0.15) is 5.75 Å². The number of anilines is 1. The third-order valence-electron chi connectivity index (χ3n) is 7.30. The average molecular weight is 525 g/mol. The van der Waals surface area contributed by atoms with Crippen LogP contribution < -0.4 is 15.0 Å². The fourth-order valence-electron chi connectivity index (χ4n) is 5.66. The van der Waals surface area contributed by atoms with Crippen LogP contribution in [0, 0.1) is 20.8 Å². The Hall–Kier alpha value is -3.64. The van der Waals surface area contributed by atoms with Crippen LogP contribution in [-0.2, 0) is 6.42 Å². The lowest BCUT2D eigenvalue weighted by atomic mass is 9.96. The van der Waals surface area contributed by atoms with Crippen molar-refractivity contribution >= 4 is 23.0 Å². The number of nitrogens with zero attached hydrogens (tertiary/aromatic N) is 3. The van der Waals surface area contributed by atoms with Crippen molar-refractivity contribution in [2.75, 3.05) is 4.90 Å². The van der Waals surface area contributed by atoms with Crippen LogP contribution in [0.3, 0.4) is 0 Å². The highest BCUT2D eigenvalue weighted by atomic mass is 32.1. The van der Waals surface area contributed by atoms with Crippen molar-refractivity contribution in [2.24, 2.45) is 0 Å². The first-order chi connectivity index (χ1) is 18.3. The summed E-state index contributed by atoms with van der Waals surface area (Å²) in [6.45, 7) is 12.9. The SMILES string of the molecule is CCc1cccc(C)c1-n1c(C)cc([C@@H]2[C@@H](c3ccccn3)NC(=S)N2c2ccc(OC(C)C)cc2)c1C. The number of benzene rings is 2. The van der Waals surface area contributed by atoms with Crippen molar-refractivity contribution < 1.29 is 4.74 Å². The Morgan fingerprint density at radius 2 is 1.76 bits per heavy atom. The summed E-state index contributed by atoms with van der Waals surface area (Å²) in [5.41, 5.74) is 9.55. The van der Waals surface area contributed by atoms with E-state index >= 15 is 0 Å². The molecular weight excluding hydrogens is 488 g/mol. The van der Waals surface area contributed by atoms with Gasteiger partial charge in [-0.05, 0) is 112 Å². The third kappa shape index (κ3) is 4.69. The zero-order valence-corrected chi connectivity index (χ0v) is 23.8. The van der Waals surface area contributed by atoms with Gasteiger partial charge in [-0.3, -0.25) is 4.98 Å². The van der Waals surface area contributed by atoms with Crippen LogP contribution in [0.5, 0.6) is 5.75 Å². The second kappa shape index (κ2) is 10.6. The zero-order valence-electron chi connectivity index (χ0n) is 23.0. The van der Waals surface area contributed by atoms with E-state index in [1.54, 1.807) is 0 Å². The van der Waals surface area contributed by atoms with E-state index in [2.05, 4.69) is 84.9 Å². The molecule has 5 nitrogen and oxygen atoms in total. The van der Waals surface area contributed by atoms with E-state index in [0.717, 1.165) is 23.6 Å². The highest BCUT2D eigenvalue weighted by molar-refractivity contribution is 7.80. The number of aryl methyl sites for hydroxylation is 3. The molecule has 0 saturated carbocycles. The maximum absolute atomic E-state index is 5.97. The number of nitrogens with one attached hydrogen (secondary N) is 1. The molecule has 1 aliphatic heterocycles. The van der Waals surface area contributed by atoms with Gasteiger partial charge in [0.2, 0.25) is 0 Å². The van der Waals surface area contributed by atoms with Crippen LogP contribution in [-0.4, -0.2) is 20.8 Å². The molecule has 0 amide bonds. The van der Waals surface area contributed by atoms with Gasteiger partial charge in [-0.2, -0.15) is 0 Å². The van der Waals surface area contributed by atoms with Gasteiger partial charge in [-0.1, -0.05) is 31.2 Å². The summed E-state index contributed by atoms with van der Waals surface area (Å²) < 4.78 is 8.32. The molecule has 38 heavy (non-hydrogen) atoms. The molecule has 0 bridgehead atoms. The van der Waals surface area contributed by atoms with Gasteiger partial charge in [0, 0.05) is 23.3 Å². The molecule has 196 valence electrons. The fraction of sp³-hybridized carbons (Fsp3) is 0.312. The molecular formula is C32H36N4OS. The molecule has 0 unspecified atom stereocenters. The Balaban J connectivity index is 1.66. The molecule has 2 aromatic carbocycles. The number of para-hydroxylation sites is 1. The quantitative estimate of drug-likeness (QED) is 0.257. The lowest BCUT2D eigenvalue weighted by molar-refractivity contribution is 0.242. The van der Waals surface area contributed by atoms with Gasteiger partial charge in [-0.25, -0.2) is 0 Å². The Morgan fingerprint density at radius 1 is 1.00 bits per heavy atom. The van der Waals surface area contributed by atoms with E-state index in [1.807, 2.05) is 44.3 Å². The highest BCUT2D eigenvalue weighted by Gasteiger charge is 2.42. The summed E-state index contributed by atoms with van der Waals surface area (Å²) in [5.74, 6) is 0.851. The molecule has 3 heterocycles. The number of ether oxygens (including phenoxy) is 1. The van der Waals surface area contributed by atoms with E-state index in [-0.39, 0.29) is 18.2 Å². The van der Waals surface area contributed by atoms with Crippen LogP contribution in [0.1, 0.15) is 66.6 Å². The summed E-state index contributed by atoms with van der Waals surface area (Å²) >= 11 is 5.97. The van der Waals surface area contributed by atoms with E-state index in [1.165, 1.54) is 33.8 Å². The highest BCUT2D eigenvalue weighted by Crippen LogP contribution is 2.44. The van der Waals surface area contributed by atoms with Crippen molar-refractivity contribution in [3.05, 3.63) is 107 Å². The number of aromatic nitrogens is 2. The second-order valence-electron chi connectivity index (χ2n) is 10.3. The smallest absolute Gasteiger partial charge is 0.174 e. The van der Waals surface area contributed by atoms with E-state index in [0.29, 0.717) is 5.11 Å². The summed E-state index contributed by atoms with van der Waals surface area (Å²) in [6, 6.07) is 23.0. The van der Waals surface area contributed by atoms with Gasteiger partial charge >= 0.3 is 0 Å². The Labute approximate surface area is 231 Å². The Kier molecular flexibility index (Phi) is 7.26. The number of pyridine rings is 1. The molecule has 1 fully saturated rings. The first-order valence-corrected chi connectivity index (χ1v) is 13.8. The minimum atomic E-state index is -0.0910. The normalized spacial score (nSPS) is 17.2. The monoisotopic (exact) mass is 524 g/mol. The predicted molar refractivity (Wildman–Crippen MR) is 159 cm³/mol. The summed E-state index contributed by atoms with van der Waals surface area (Å²) in [5, 5.41) is 4.29. The molecule has 1 aliphatic rings. The van der Waals surface area contributed by atoms with Crippen molar-refractivity contribution in [1.29, 1.82) is 0 Å². The van der Waals surface area contributed by atoms with Gasteiger partial charge < -0.3 is 19.5 Å². The maximum Gasteiger partial charge on any atom is 0.174 e. The molecule has 0 aliphatic carbocycles. The average Bonchev–Trinajstić information content (AvgIpc) is 3.39. The molecule has 6 heteroatoms. The number of hydrogen-bond acceptors (Lipinski definition) is 3. The van der Waals surface area contributed by atoms with Gasteiger partial charge in [0.25, 0.3) is 0 Å². The van der Waals surface area contributed by atoms with Gasteiger partial charge in [0.05, 0.1) is 29.6 Å². The lowest BCUT2D eigenvalue weighted by Crippen LogP contribution is -2.29. The number of thiocarbonyl (C=S) groups is 1. The second-order valence-corrected chi connectivity index (χ2v) is 10.6. The topological polar surface area (TPSA) is 42.3 Å². The van der Waals surface area contributed by atoms with Crippen LogP contribution in [0.2, 0.25) is 0 Å². The van der Waals surface area contributed by atoms with Crippen LogP contribution in [0.4, 0.5) is 5.69 Å². The van der Waals surface area contributed by atoms with E-state index < -0.39 is 0 Å². The molecule has 0 radical (unpaired) electrons. The summed E-state index contributed by atoms with van der Waals surface area (Å²) in [6.07, 6.45) is 2.95. The zero-order chi connectivity index (χ0) is 27.0. The third-order valence-corrected chi connectivity index (χ3v) is 7.61. The molecule has 4 aromatic rings. The molecule has 2 aromatic heterocycles. The Morgan fingerprint density at radius 3 is 2.42 bits per heavy atom. The molecule has 1 N–H and O–H groups in total. The largest absolute Gasteiger partial charge is 0.491 e. The van der Waals surface area contributed by atoms with Crippen LogP contribution in [0.15, 0.2) is 72.9 Å². The van der Waals surface area contributed by atoms with Gasteiger partial charge in [-0.15, -0.1) is 0 Å². The minimum absolute atomic E-state index is 0.0664. The van der Waals surface area contributed by atoms with Crippen molar-refractivity contribution in [3.63, 3.8) is 0 Å². The van der Waals surface area contributed by atoms with Crippen LogP contribution >= 0.6 is 12.2 Å². The lowest BCUT2D eigenvalue weighted by Gasteiger charge is -2.28. The predicted octanol–water partition coefficient (Wildman–Crippen LogP) is 7.32. The van der Waals surface area contributed by atoms with Gasteiger partial charge in [0.15, 0.2) is 5.11 Å². The van der Waals surface area contributed by atoms with E-state index in [9.17, 15) is 0 Å². The maximum atomic E-state index is 5.97. The van der Waals surface area contributed by atoms with Crippen molar-refractivity contribution in [3.8, 4) is 11.4 Å². The molecule has 5 rings (SSSR count). The molecule has 1 saturated heterocycles. The van der Waals surface area contributed by atoms with Crippen molar-refractivity contribution in [1.82, 2.24) is 14.9 Å². The number of hydrogen-bond donors (Lipinski definition) is 1. The molecule has 2 atom stereocenters.